The fraction of sp³-hybridized carbons (Fsp3) is 0.286. The highest BCUT2D eigenvalue weighted by molar-refractivity contribution is 6.31. The fourth-order valence-corrected chi connectivity index (χ4v) is 2.18. The number of halogens is 2. The van der Waals surface area contributed by atoms with Crippen molar-refractivity contribution >= 4 is 17.5 Å². The Bertz CT molecular complexity index is 566. The van der Waals surface area contributed by atoms with Gasteiger partial charge in [-0.05, 0) is 24.6 Å². The van der Waals surface area contributed by atoms with Crippen molar-refractivity contribution in [3.63, 3.8) is 0 Å². The van der Waals surface area contributed by atoms with Gasteiger partial charge in [-0.1, -0.05) is 24.6 Å². The molecule has 0 saturated carbocycles. The molecule has 2 aromatic rings. The van der Waals surface area contributed by atoms with E-state index < -0.39 is 11.9 Å². The average molecular weight is 296 g/mol. The molecule has 106 valence electrons. The Hall–Kier alpha value is -1.88. The molecule has 1 N–H and O–H groups in total. The van der Waals surface area contributed by atoms with Gasteiger partial charge in [0.15, 0.2) is 0 Å². The van der Waals surface area contributed by atoms with Gasteiger partial charge in [0.1, 0.15) is 11.9 Å². The van der Waals surface area contributed by atoms with Crippen molar-refractivity contribution in [2.75, 3.05) is 0 Å². The molecule has 1 atom stereocenters. The van der Waals surface area contributed by atoms with Gasteiger partial charge in [0, 0.05) is 29.5 Å². The molecule has 1 amide bonds. The number of hydrogen-bond donors (Lipinski definition) is 1. The van der Waals surface area contributed by atoms with Crippen LogP contribution in [0.3, 0.4) is 0 Å². The lowest BCUT2D eigenvalue weighted by Gasteiger charge is -2.16. The van der Waals surface area contributed by atoms with Crippen LogP contribution >= 0.6 is 11.6 Å². The van der Waals surface area contributed by atoms with Gasteiger partial charge >= 0.3 is 0 Å². The minimum Gasteiger partial charge on any atom is -0.350 e. The summed E-state index contributed by atoms with van der Waals surface area (Å²) in [7, 11) is 0. The standard InChI is InChI=1S/C14H15ClFN3O/c1-2-13(19-8-4-7-18-19)14(20)17-9-10-11(15)5-3-6-12(10)16/h3-8,13H,2,9H2,1H3,(H,17,20). The molecule has 6 heteroatoms. The first-order valence-corrected chi connectivity index (χ1v) is 6.71. The van der Waals surface area contributed by atoms with Gasteiger partial charge < -0.3 is 5.32 Å². The van der Waals surface area contributed by atoms with E-state index >= 15 is 0 Å². The van der Waals surface area contributed by atoms with Gasteiger partial charge in [-0.2, -0.15) is 5.10 Å². The van der Waals surface area contributed by atoms with Crippen molar-refractivity contribution in [1.82, 2.24) is 15.1 Å². The highest BCUT2D eigenvalue weighted by Crippen LogP contribution is 2.19. The zero-order valence-electron chi connectivity index (χ0n) is 11.0. The second kappa shape index (κ2) is 6.52. The van der Waals surface area contributed by atoms with Crippen LogP contribution in [0, 0.1) is 5.82 Å². The van der Waals surface area contributed by atoms with Crippen LogP contribution in [0.15, 0.2) is 36.7 Å². The van der Waals surface area contributed by atoms with E-state index in [9.17, 15) is 9.18 Å². The lowest BCUT2D eigenvalue weighted by atomic mass is 10.2. The summed E-state index contributed by atoms with van der Waals surface area (Å²) in [6.45, 7) is 1.95. The number of rotatable bonds is 5. The zero-order chi connectivity index (χ0) is 14.5. The van der Waals surface area contributed by atoms with Crippen molar-refractivity contribution in [3.05, 3.63) is 53.1 Å². The summed E-state index contributed by atoms with van der Waals surface area (Å²) in [5.41, 5.74) is 0.290. The molecule has 1 unspecified atom stereocenters. The molecule has 1 aromatic carbocycles. The van der Waals surface area contributed by atoms with E-state index in [0.717, 1.165) is 0 Å². The molecule has 20 heavy (non-hydrogen) atoms. The summed E-state index contributed by atoms with van der Waals surface area (Å²) in [4.78, 5) is 12.1. The number of amides is 1. The molecule has 0 spiro atoms. The van der Waals surface area contributed by atoms with E-state index in [4.69, 9.17) is 11.6 Å². The minimum atomic E-state index is -0.426. The molecular weight excluding hydrogens is 281 g/mol. The number of hydrogen-bond acceptors (Lipinski definition) is 2. The summed E-state index contributed by atoms with van der Waals surface area (Å²) in [5, 5.41) is 7.05. The number of nitrogens with one attached hydrogen (secondary N) is 1. The van der Waals surface area contributed by atoms with Crippen LogP contribution in [-0.4, -0.2) is 15.7 Å². The van der Waals surface area contributed by atoms with Crippen molar-refractivity contribution in [3.8, 4) is 0 Å². The van der Waals surface area contributed by atoms with Gasteiger partial charge in [-0.15, -0.1) is 0 Å². The second-order valence-corrected chi connectivity index (χ2v) is 4.74. The second-order valence-electron chi connectivity index (χ2n) is 4.33. The Labute approximate surface area is 121 Å². The van der Waals surface area contributed by atoms with E-state index in [0.29, 0.717) is 11.4 Å². The molecule has 0 saturated heterocycles. The third-order valence-corrected chi connectivity index (χ3v) is 3.39. The van der Waals surface area contributed by atoms with Crippen molar-refractivity contribution < 1.29 is 9.18 Å². The third-order valence-electron chi connectivity index (χ3n) is 3.03. The van der Waals surface area contributed by atoms with Gasteiger partial charge in [0.05, 0.1) is 0 Å². The van der Waals surface area contributed by atoms with Crippen LogP contribution in [0.4, 0.5) is 4.39 Å². The Morgan fingerprint density at radius 3 is 2.90 bits per heavy atom. The molecule has 2 rings (SSSR count). The van der Waals surface area contributed by atoms with Crippen LogP contribution in [0.25, 0.3) is 0 Å². The Morgan fingerprint density at radius 2 is 2.30 bits per heavy atom. The fourth-order valence-electron chi connectivity index (χ4n) is 1.95. The highest BCUT2D eigenvalue weighted by Gasteiger charge is 2.19. The predicted octanol–water partition coefficient (Wildman–Crippen LogP) is 2.94. The monoisotopic (exact) mass is 295 g/mol. The maximum absolute atomic E-state index is 13.6. The van der Waals surface area contributed by atoms with Crippen molar-refractivity contribution in [1.29, 1.82) is 0 Å². The lowest BCUT2D eigenvalue weighted by Crippen LogP contribution is -2.32. The number of aromatic nitrogens is 2. The predicted molar refractivity (Wildman–Crippen MR) is 74.8 cm³/mol. The molecule has 0 fully saturated rings. The number of benzene rings is 1. The highest BCUT2D eigenvalue weighted by atomic mass is 35.5. The largest absolute Gasteiger partial charge is 0.350 e. The first-order valence-electron chi connectivity index (χ1n) is 6.33. The minimum absolute atomic E-state index is 0.0576. The molecule has 0 aliphatic rings. The Morgan fingerprint density at radius 1 is 1.50 bits per heavy atom. The SMILES string of the molecule is CCC(C(=O)NCc1c(F)cccc1Cl)n1cccn1. The van der Waals surface area contributed by atoms with E-state index in [1.807, 2.05) is 6.92 Å². The first-order chi connectivity index (χ1) is 9.63. The summed E-state index contributed by atoms with van der Waals surface area (Å²) in [6, 6.07) is 5.79. The topological polar surface area (TPSA) is 46.9 Å². The smallest absolute Gasteiger partial charge is 0.245 e. The Balaban J connectivity index is 2.05. The number of carbonyl (C=O) groups excluding carboxylic acids is 1. The molecule has 0 aliphatic carbocycles. The van der Waals surface area contributed by atoms with Crippen LogP contribution in [0.1, 0.15) is 24.9 Å². The molecule has 0 bridgehead atoms. The molecule has 0 radical (unpaired) electrons. The van der Waals surface area contributed by atoms with Crippen LogP contribution < -0.4 is 5.32 Å². The first kappa shape index (κ1) is 14.5. The average Bonchev–Trinajstić information content (AvgIpc) is 2.93. The van der Waals surface area contributed by atoms with E-state index in [1.165, 1.54) is 12.1 Å². The number of carbonyl (C=O) groups is 1. The normalized spacial score (nSPS) is 12.2. The van der Waals surface area contributed by atoms with Crippen LogP contribution in [-0.2, 0) is 11.3 Å². The van der Waals surface area contributed by atoms with Gasteiger partial charge in [-0.25, -0.2) is 4.39 Å². The van der Waals surface area contributed by atoms with Crippen molar-refractivity contribution in [2.45, 2.75) is 25.9 Å². The lowest BCUT2D eigenvalue weighted by molar-refractivity contribution is -0.124. The van der Waals surface area contributed by atoms with Gasteiger partial charge in [-0.3, -0.25) is 9.48 Å². The molecule has 1 aromatic heterocycles. The summed E-state index contributed by atoms with van der Waals surface area (Å²) in [6.07, 6.45) is 3.94. The third kappa shape index (κ3) is 3.17. The quantitative estimate of drug-likeness (QED) is 0.922. The van der Waals surface area contributed by atoms with Crippen molar-refractivity contribution in [2.24, 2.45) is 0 Å². The summed E-state index contributed by atoms with van der Waals surface area (Å²) in [5.74, 6) is -0.638. The zero-order valence-corrected chi connectivity index (χ0v) is 11.8. The van der Waals surface area contributed by atoms with E-state index in [1.54, 1.807) is 29.2 Å². The molecule has 4 nitrogen and oxygen atoms in total. The van der Waals surface area contributed by atoms with E-state index in [2.05, 4.69) is 10.4 Å². The maximum Gasteiger partial charge on any atom is 0.245 e. The van der Waals surface area contributed by atoms with Crippen LogP contribution in [0.5, 0.6) is 0 Å². The van der Waals surface area contributed by atoms with Crippen LogP contribution in [0.2, 0.25) is 5.02 Å². The molecule has 0 aliphatic heterocycles. The summed E-state index contributed by atoms with van der Waals surface area (Å²) < 4.78 is 15.2. The maximum atomic E-state index is 13.6. The van der Waals surface area contributed by atoms with Gasteiger partial charge in [0.25, 0.3) is 0 Å². The molecular formula is C14H15ClFN3O. The van der Waals surface area contributed by atoms with Gasteiger partial charge in [0.2, 0.25) is 5.91 Å². The molecule has 1 heterocycles. The summed E-state index contributed by atoms with van der Waals surface area (Å²) >= 11 is 5.92. The number of nitrogens with zero attached hydrogens (tertiary/aromatic N) is 2. The van der Waals surface area contributed by atoms with E-state index in [-0.39, 0.29) is 18.0 Å². The Kier molecular flexibility index (Phi) is 4.74.